The average Bonchev–Trinajstić information content (AvgIpc) is 3.16. The zero-order valence-corrected chi connectivity index (χ0v) is 15.1. The largest absolute Gasteiger partial charge is 0.352 e. The fraction of sp³-hybridized carbons (Fsp3) is 0.333. The van der Waals surface area contributed by atoms with Gasteiger partial charge in [-0.05, 0) is 68.2 Å². The first-order valence-corrected chi connectivity index (χ1v) is 10.0. The highest BCUT2D eigenvalue weighted by Crippen LogP contribution is 2.16. The molecule has 3 N–H and O–H groups in total. The van der Waals surface area contributed by atoms with E-state index < -0.39 is 10.0 Å². The molecule has 1 unspecified atom stereocenters. The number of carbonyl (C=O) groups is 1. The molecule has 1 aromatic carbocycles. The van der Waals surface area contributed by atoms with Crippen LogP contribution in [0.3, 0.4) is 0 Å². The molecule has 0 radical (unpaired) electrons. The van der Waals surface area contributed by atoms with Gasteiger partial charge in [0.2, 0.25) is 0 Å². The summed E-state index contributed by atoms with van der Waals surface area (Å²) in [6.07, 6.45) is 5.10. The van der Waals surface area contributed by atoms with Gasteiger partial charge in [-0.25, -0.2) is 8.42 Å². The van der Waals surface area contributed by atoms with E-state index in [9.17, 15) is 13.2 Å². The molecule has 0 saturated carbocycles. The number of rotatable bonds is 7. The van der Waals surface area contributed by atoms with E-state index in [2.05, 4.69) is 20.3 Å². The predicted molar refractivity (Wildman–Crippen MR) is 99.4 cm³/mol. The van der Waals surface area contributed by atoms with Gasteiger partial charge in [0.15, 0.2) is 0 Å². The van der Waals surface area contributed by atoms with Gasteiger partial charge in [0.1, 0.15) is 0 Å². The Morgan fingerprint density at radius 2 is 1.88 bits per heavy atom. The average molecular weight is 374 g/mol. The molecule has 1 atom stereocenters. The molecule has 8 heteroatoms. The Kier molecular flexibility index (Phi) is 5.85. The third kappa shape index (κ3) is 4.80. The fourth-order valence-electron chi connectivity index (χ4n) is 2.87. The molecule has 1 aliphatic rings. The second-order valence-corrected chi connectivity index (χ2v) is 7.95. The minimum atomic E-state index is -3.70. The maximum atomic E-state index is 12.4. The summed E-state index contributed by atoms with van der Waals surface area (Å²) in [5.41, 5.74) is 0.876. The maximum Gasteiger partial charge on any atom is 0.261 e. The Balaban J connectivity index is 1.57. The van der Waals surface area contributed by atoms with Crippen molar-refractivity contribution in [1.29, 1.82) is 0 Å². The van der Waals surface area contributed by atoms with Gasteiger partial charge in [-0.2, -0.15) is 0 Å². The van der Waals surface area contributed by atoms with Crippen molar-refractivity contribution in [3.63, 3.8) is 0 Å². The molecule has 0 bridgehead atoms. The quantitative estimate of drug-likeness (QED) is 0.684. The zero-order valence-electron chi connectivity index (χ0n) is 14.3. The number of carbonyl (C=O) groups excluding carboxylic acids is 1. The van der Waals surface area contributed by atoms with Gasteiger partial charge in [-0.15, -0.1) is 0 Å². The van der Waals surface area contributed by atoms with E-state index >= 15 is 0 Å². The zero-order chi connectivity index (χ0) is 18.4. The van der Waals surface area contributed by atoms with Crippen LogP contribution in [-0.2, 0) is 10.0 Å². The predicted octanol–water partition coefficient (Wildman–Crippen LogP) is 1.61. The van der Waals surface area contributed by atoms with Crippen LogP contribution in [0.2, 0.25) is 0 Å². The molecule has 1 aromatic heterocycles. The van der Waals surface area contributed by atoms with E-state index in [1.54, 1.807) is 12.1 Å². The van der Waals surface area contributed by atoms with Crippen LogP contribution in [0.25, 0.3) is 0 Å². The summed E-state index contributed by atoms with van der Waals surface area (Å²) in [4.78, 5) is 16.1. The molecule has 1 saturated heterocycles. The Morgan fingerprint density at radius 3 is 2.54 bits per heavy atom. The number of pyridine rings is 1. The minimum absolute atomic E-state index is 0.0999. The van der Waals surface area contributed by atoms with Crippen LogP contribution in [0.15, 0.2) is 53.7 Å². The Labute approximate surface area is 153 Å². The first-order chi connectivity index (χ1) is 12.5. The van der Waals surface area contributed by atoms with Gasteiger partial charge in [0.25, 0.3) is 15.9 Å². The van der Waals surface area contributed by atoms with Crippen LogP contribution in [0.5, 0.6) is 0 Å². The van der Waals surface area contributed by atoms with Gasteiger partial charge in [-0.1, -0.05) is 0 Å². The Hall–Kier alpha value is -2.45. The van der Waals surface area contributed by atoms with Crippen LogP contribution in [0, 0.1) is 5.92 Å². The SMILES string of the molecule is O=C(NCCC1CCNC1)c1ccc(S(=O)(=O)Nc2ccncc2)cc1. The molecule has 138 valence electrons. The molecule has 0 spiro atoms. The van der Waals surface area contributed by atoms with Crippen LogP contribution in [0.1, 0.15) is 23.2 Å². The van der Waals surface area contributed by atoms with Crippen molar-refractivity contribution in [2.75, 3.05) is 24.4 Å². The molecule has 2 aromatic rings. The molecular weight excluding hydrogens is 352 g/mol. The highest BCUT2D eigenvalue weighted by atomic mass is 32.2. The molecule has 3 rings (SSSR count). The molecule has 7 nitrogen and oxygen atoms in total. The number of anilines is 1. The molecule has 26 heavy (non-hydrogen) atoms. The van der Waals surface area contributed by atoms with Crippen molar-refractivity contribution in [2.24, 2.45) is 5.92 Å². The molecular formula is C18H22N4O3S. The third-order valence-electron chi connectivity index (χ3n) is 4.36. The van der Waals surface area contributed by atoms with E-state index in [1.165, 1.54) is 36.7 Å². The first-order valence-electron chi connectivity index (χ1n) is 8.56. The van der Waals surface area contributed by atoms with Gasteiger partial charge in [0.05, 0.1) is 10.6 Å². The normalized spacial score (nSPS) is 17.0. The number of nitrogens with one attached hydrogen (secondary N) is 3. The Morgan fingerprint density at radius 1 is 1.15 bits per heavy atom. The lowest BCUT2D eigenvalue weighted by atomic mass is 10.1. The standard InChI is InChI=1S/C18H22N4O3S/c23-18(21-12-6-14-5-9-20-13-14)15-1-3-17(4-2-15)26(24,25)22-16-7-10-19-11-8-16/h1-4,7-8,10-11,14,20H,5-6,9,12-13H2,(H,19,22)(H,21,23). The number of aromatic nitrogens is 1. The van der Waals surface area contributed by atoms with Crippen LogP contribution in [0.4, 0.5) is 5.69 Å². The molecule has 0 aliphatic carbocycles. The third-order valence-corrected chi connectivity index (χ3v) is 5.76. The monoisotopic (exact) mass is 374 g/mol. The van der Waals surface area contributed by atoms with E-state index in [-0.39, 0.29) is 10.8 Å². The van der Waals surface area contributed by atoms with E-state index in [1.807, 2.05) is 0 Å². The summed E-state index contributed by atoms with van der Waals surface area (Å²) >= 11 is 0. The van der Waals surface area contributed by atoms with Crippen molar-refractivity contribution in [3.05, 3.63) is 54.4 Å². The molecule has 1 amide bonds. The van der Waals surface area contributed by atoms with Crippen molar-refractivity contribution in [1.82, 2.24) is 15.6 Å². The van der Waals surface area contributed by atoms with Crippen LogP contribution >= 0.6 is 0 Å². The topological polar surface area (TPSA) is 100 Å². The second kappa shape index (κ2) is 8.29. The van der Waals surface area contributed by atoms with E-state index in [4.69, 9.17) is 0 Å². The summed E-state index contributed by atoms with van der Waals surface area (Å²) in [6, 6.07) is 9.04. The maximum absolute atomic E-state index is 12.4. The highest BCUT2D eigenvalue weighted by molar-refractivity contribution is 7.92. The second-order valence-electron chi connectivity index (χ2n) is 6.27. The van der Waals surface area contributed by atoms with Crippen LogP contribution in [-0.4, -0.2) is 38.9 Å². The summed E-state index contributed by atoms with van der Waals surface area (Å²) in [7, 11) is -3.70. The number of sulfonamides is 1. The molecule has 1 fully saturated rings. The first kappa shape index (κ1) is 18.3. The van der Waals surface area contributed by atoms with Gasteiger partial charge >= 0.3 is 0 Å². The van der Waals surface area contributed by atoms with Crippen molar-refractivity contribution < 1.29 is 13.2 Å². The number of amides is 1. The number of hydrogen-bond acceptors (Lipinski definition) is 5. The van der Waals surface area contributed by atoms with Crippen LogP contribution < -0.4 is 15.4 Å². The smallest absolute Gasteiger partial charge is 0.261 e. The molecule has 2 heterocycles. The summed E-state index contributed by atoms with van der Waals surface area (Å²) in [5.74, 6) is 0.420. The van der Waals surface area contributed by atoms with Gasteiger partial charge in [-0.3, -0.25) is 14.5 Å². The number of hydrogen-bond donors (Lipinski definition) is 3. The fourth-order valence-corrected chi connectivity index (χ4v) is 3.93. The lowest BCUT2D eigenvalue weighted by Gasteiger charge is -2.10. The summed E-state index contributed by atoms with van der Waals surface area (Å²) < 4.78 is 27.2. The highest BCUT2D eigenvalue weighted by Gasteiger charge is 2.16. The summed E-state index contributed by atoms with van der Waals surface area (Å²) in [6.45, 7) is 2.67. The lowest BCUT2D eigenvalue weighted by Crippen LogP contribution is -2.26. The van der Waals surface area contributed by atoms with Crippen molar-refractivity contribution >= 4 is 21.6 Å². The summed E-state index contributed by atoms with van der Waals surface area (Å²) in [5, 5.41) is 6.19. The lowest BCUT2D eigenvalue weighted by molar-refractivity contribution is 0.0951. The minimum Gasteiger partial charge on any atom is -0.352 e. The van der Waals surface area contributed by atoms with E-state index in [0.717, 1.165) is 25.9 Å². The molecule has 1 aliphatic heterocycles. The van der Waals surface area contributed by atoms with E-state index in [0.29, 0.717) is 23.7 Å². The van der Waals surface area contributed by atoms with Gasteiger partial charge in [0, 0.05) is 24.5 Å². The van der Waals surface area contributed by atoms with Crippen molar-refractivity contribution in [2.45, 2.75) is 17.7 Å². The number of benzene rings is 1. The van der Waals surface area contributed by atoms with Gasteiger partial charge < -0.3 is 10.6 Å². The van der Waals surface area contributed by atoms with Crippen molar-refractivity contribution in [3.8, 4) is 0 Å². The number of nitrogens with zero attached hydrogens (tertiary/aromatic N) is 1. The Bertz CT molecular complexity index is 832.